The van der Waals surface area contributed by atoms with Gasteiger partial charge >= 0.3 is 0 Å². The van der Waals surface area contributed by atoms with Gasteiger partial charge in [-0.3, -0.25) is 14.4 Å². The fourth-order valence-corrected chi connectivity index (χ4v) is 6.58. The summed E-state index contributed by atoms with van der Waals surface area (Å²) in [6.45, 7) is 2.87. The Kier molecular flexibility index (Phi) is 7.39. The lowest BCUT2D eigenvalue weighted by molar-refractivity contribution is -0.121. The Morgan fingerprint density at radius 2 is 2.11 bits per heavy atom. The number of hydrogen-bond acceptors (Lipinski definition) is 6. The van der Waals surface area contributed by atoms with E-state index in [4.69, 9.17) is 4.74 Å². The summed E-state index contributed by atoms with van der Waals surface area (Å²) >= 11 is 1.53. The van der Waals surface area contributed by atoms with E-state index in [2.05, 4.69) is 20.3 Å². The van der Waals surface area contributed by atoms with Crippen molar-refractivity contribution in [2.24, 2.45) is 13.0 Å². The van der Waals surface area contributed by atoms with Crippen LogP contribution >= 0.6 is 11.3 Å². The molecule has 1 N–H and O–H groups in total. The number of nitrogens with one attached hydrogen (secondary N) is 1. The molecule has 5 rings (SSSR count). The molecule has 1 atom stereocenters. The van der Waals surface area contributed by atoms with Crippen LogP contribution in [0.1, 0.15) is 67.5 Å². The SMILES string of the molecule is Cn1cc(CC(=O)N[C@H]2CC[C@H](CCN3CCc4sc(OC5CCC(F)(F)C5)nc4C3)CC2)cn1. The van der Waals surface area contributed by atoms with Crippen molar-refractivity contribution < 1.29 is 18.3 Å². The average molecular weight is 508 g/mol. The van der Waals surface area contributed by atoms with Gasteiger partial charge in [0.1, 0.15) is 6.10 Å². The number of aromatic nitrogens is 3. The number of thiazole rings is 1. The van der Waals surface area contributed by atoms with Crippen molar-refractivity contribution in [2.45, 2.75) is 88.8 Å². The van der Waals surface area contributed by atoms with E-state index in [9.17, 15) is 13.6 Å². The second kappa shape index (κ2) is 10.5. The molecule has 0 radical (unpaired) electrons. The summed E-state index contributed by atoms with van der Waals surface area (Å²) < 4.78 is 34.4. The van der Waals surface area contributed by atoms with Crippen LogP contribution < -0.4 is 10.1 Å². The molecule has 10 heteroatoms. The molecule has 1 amide bonds. The third-order valence-corrected chi connectivity index (χ3v) is 8.65. The first-order valence-electron chi connectivity index (χ1n) is 12.8. The molecule has 192 valence electrons. The van der Waals surface area contributed by atoms with E-state index in [1.807, 2.05) is 13.2 Å². The summed E-state index contributed by atoms with van der Waals surface area (Å²) in [5.41, 5.74) is 2.00. The number of carbonyl (C=O) groups is 1. The van der Waals surface area contributed by atoms with Crippen LogP contribution in [-0.4, -0.2) is 56.7 Å². The molecule has 2 fully saturated rings. The largest absolute Gasteiger partial charge is 0.466 e. The third-order valence-electron chi connectivity index (χ3n) is 7.60. The van der Waals surface area contributed by atoms with Gasteiger partial charge in [-0.15, -0.1) is 0 Å². The van der Waals surface area contributed by atoms with Crippen LogP contribution in [0.15, 0.2) is 12.4 Å². The number of fused-ring (bicyclic) bond motifs is 1. The number of hydrogen-bond donors (Lipinski definition) is 1. The molecule has 0 spiro atoms. The number of alkyl halides is 2. The minimum absolute atomic E-state index is 0.0822. The molecule has 0 bridgehead atoms. The molecule has 1 unspecified atom stereocenters. The van der Waals surface area contributed by atoms with Crippen LogP contribution in [-0.2, 0) is 31.2 Å². The highest BCUT2D eigenvalue weighted by Crippen LogP contribution is 2.38. The van der Waals surface area contributed by atoms with Crippen molar-refractivity contribution in [3.05, 3.63) is 28.5 Å². The van der Waals surface area contributed by atoms with E-state index in [-0.39, 0.29) is 24.8 Å². The minimum Gasteiger partial charge on any atom is -0.466 e. The first-order chi connectivity index (χ1) is 16.8. The number of rotatable bonds is 8. The number of carbonyl (C=O) groups excluding carboxylic acids is 1. The first kappa shape index (κ1) is 24.6. The van der Waals surface area contributed by atoms with Crippen LogP contribution in [0.5, 0.6) is 5.19 Å². The second-order valence-corrected chi connectivity index (χ2v) is 11.5. The van der Waals surface area contributed by atoms with Crippen molar-refractivity contribution in [3.63, 3.8) is 0 Å². The van der Waals surface area contributed by atoms with Crippen LogP contribution in [0, 0.1) is 5.92 Å². The van der Waals surface area contributed by atoms with Crippen LogP contribution in [0.3, 0.4) is 0 Å². The maximum atomic E-state index is 13.4. The number of ether oxygens (including phenoxy) is 1. The minimum atomic E-state index is -2.59. The lowest BCUT2D eigenvalue weighted by Crippen LogP contribution is -2.39. The maximum Gasteiger partial charge on any atom is 0.273 e. The van der Waals surface area contributed by atoms with Gasteiger partial charge in [-0.1, -0.05) is 11.3 Å². The van der Waals surface area contributed by atoms with Crippen molar-refractivity contribution >= 4 is 17.2 Å². The maximum absolute atomic E-state index is 13.4. The van der Waals surface area contributed by atoms with Crippen molar-refractivity contribution in [3.8, 4) is 5.19 Å². The molecule has 2 aromatic heterocycles. The summed E-state index contributed by atoms with van der Waals surface area (Å²) in [6.07, 6.45) is 10.2. The summed E-state index contributed by atoms with van der Waals surface area (Å²) in [5, 5.41) is 7.88. The number of nitrogens with zero attached hydrogens (tertiary/aromatic N) is 4. The number of halogens is 2. The quantitative estimate of drug-likeness (QED) is 0.582. The predicted molar refractivity (Wildman–Crippen MR) is 130 cm³/mol. The highest BCUT2D eigenvalue weighted by Gasteiger charge is 2.41. The summed E-state index contributed by atoms with van der Waals surface area (Å²) in [4.78, 5) is 20.7. The molecule has 2 saturated carbocycles. The Bertz CT molecular complexity index is 1020. The van der Waals surface area contributed by atoms with Gasteiger partial charge < -0.3 is 10.1 Å². The average Bonchev–Trinajstić information content (AvgIpc) is 3.50. The molecular formula is C25H35F2N5O2S. The first-order valence-corrected chi connectivity index (χ1v) is 13.7. The topological polar surface area (TPSA) is 72.3 Å². The van der Waals surface area contributed by atoms with Crippen LogP contribution in [0.2, 0.25) is 0 Å². The molecule has 2 aliphatic carbocycles. The molecule has 35 heavy (non-hydrogen) atoms. The molecule has 3 heterocycles. The monoisotopic (exact) mass is 507 g/mol. The van der Waals surface area contributed by atoms with Gasteiger partial charge in [0, 0.05) is 50.1 Å². The standard InChI is InChI=1S/C25H35F2N5O2S/c1-31-15-18(14-28-31)12-23(33)29-19-4-2-17(3-5-19)7-10-32-11-8-22-21(16-32)30-24(35-22)34-20-6-9-25(26,27)13-20/h14-15,17,19-20H,2-13,16H2,1H3,(H,29,33)/t17-,19-,20?. The van der Waals surface area contributed by atoms with E-state index in [1.165, 1.54) is 16.2 Å². The van der Waals surface area contributed by atoms with Gasteiger partial charge in [0.15, 0.2) is 0 Å². The molecular weight excluding hydrogens is 472 g/mol. The van der Waals surface area contributed by atoms with E-state index in [0.717, 1.165) is 69.4 Å². The third kappa shape index (κ3) is 6.58. The lowest BCUT2D eigenvalue weighted by Gasteiger charge is -2.32. The van der Waals surface area contributed by atoms with Gasteiger partial charge in [-0.25, -0.2) is 13.8 Å². The molecule has 3 aliphatic rings. The molecule has 0 aromatic carbocycles. The summed E-state index contributed by atoms with van der Waals surface area (Å²) in [5.74, 6) is -1.82. The lowest BCUT2D eigenvalue weighted by atomic mass is 9.84. The second-order valence-electron chi connectivity index (χ2n) is 10.5. The van der Waals surface area contributed by atoms with Gasteiger partial charge in [-0.05, 0) is 63.0 Å². The fraction of sp³-hybridized carbons (Fsp3) is 0.720. The Labute approximate surface area is 209 Å². The highest BCUT2D eigenvalue weighted by atomic mass is 32.1. The normalized spacial score (nSPS) is 26.4. The Morgan fingerprint density at radius 3 is 2.83 bits per heavy atom. The molecule has 2 aromatic rings. The fourth-order valence-electron chi connectivity index (χ4n) is 5.61. The smallest absolute Gasteiger partial charge is 0.273 e. The molecule has 1 aliphatic heterocycles. The van der Waals surface area contributed by atoms with Gasteiger partial charge in [-0.2, -0.15) is 5.10 Å². The van der Waals surface area contributed by atoms with E-state index >= 15 is 0 Å². The Balaban J connectivity index is 1.01. The number of aryl methyl sites for hydroxylation is 1. The number of amides is 1. The predicted octanol–water partition coefficient (Wildman–Crippen LogP) is 4.11. The Hall–Kier alpha value is -2.07. The van der Waals surface area contributed by atoms with E-state index < -0.39 is 12.0 Å². The molecule has 7 nitrogen and oxygen atoms in total. The van der Waals surface area contributed by atoms with Crippen LogP contribution in [0.25, 0.3) is 0 Å². The van der Waals surface area contributed by atoms with Crippen LogP contribution in [0.4, 0.5) is 8.78 Å². The zero-order valence-corrected chi connectivity index (χ0v) is 21.2. The van der Waals surface area contributed by atoms with Crippen molar-refractivity contribution in [1.82, 2.24) is 25.0 Å². The van der Waals surface area contributed by atoms with Crippen molar-refractivity contribution in [1.29, 1.82) is 0 Å². The molecule has 0 saturated heterocycles. The van der Waals surface area contributed by atoms with Gasteiger partial charge in [0.25, 0.3) is 11.1 Å². The summed E-state index contributed by atoms with van der Waals surface area (Å²) in [7, 11) is 1.86. The van der Waals surface area contributed by atoms with Crippen molar-refractivity contribution in [2.75, 3.05) is 13.1 Å². The Morgan fingerprint density at radius 1 is 1.29 bits per heavy atom. The zero-order chi connectivity index (χ0) is 24.4. The summed E-state index contributed by atoms with van der Waals surface area (Å²) in [6, 6.07) is 0.279. The highest BCUT2D eigenvalue weighted by molar-refractivity contribution is 7.13. The van der Waals surface area contributed by atoms with Gasteiger partial charge in [0.2, 0.25) is 5.91 Å². The van der Waals surface area contributed by atoms with Gasteiger partial charge in [0.05, 0.1) is 18.3 Å². The van der Waals surface area contributed by atoms with E-state index in [0.29, 0.717) is 24.0 Å². The van der Waals surface area contributed by atoms with E-state index in [1.54, 1.807) is 10.9 Å². The zero-order valence-electron chi connectivity index (χ0n) is 20.3.